The van der Waals surface area contributed by atoms with Crippen LogP contribution in [0.4, 0.5) is 5.69 Å². The molecule has 3 rings (SSSR count). The average Bonchev–Trinajstić information content (AvgIpc) is 2.81. The summed E-state index contributed by atoms with van der Waals surface area (Å²) in [7, 11) is 0. The second-order valence-corrected chi connectivity index (χ2v) is 6.13. The Morgan fingerprint density at radius 2 is 2.17 bits per heavy atom. The highest BCUT2D eigenvalue weighted by atomic mass is 15.2. The van der Waals surface area contributed by atoms with Crippen molar-refractivity contribution < 1.29 is 0 Å². The fraction of sp³-hybridized carbons (Fsp3) is 0.625. The van der Waals surface area contributed by atoms with Crippen molar-refractivity contribution in [2.75, 3.05) is 18.4 Å². The first kappa shape index (κ1) is 12.0. The van der Waals surface area contributed by atoms with Gasteiger partial charge in [0, 0.05) is 31.4 Å². The Hall–Kier alpha value is -1.02. The third kappa shape index (κ3) is 2.39. The molecule has 2 aliphatic rings. The second-order valence-electron chi connectivity index (χ2n) is 6.13. The summed E-state index contributed by atoms with van der Waals surface area (Å²) in [5.74, 6) is 0.855. The lowest BCUT2D eigenvalue weighted by Gasteiger charge is -2.36. The minimum absolute atomic E-state index is 0.738. The van der Waals surface area contributed by atoms with Gasteiger partial charge in [0.05, 0.1) is 0 Å². The Balaban J connectivity index is 1.72. The number of rotatable bonds is 2. The minimum Gasteiger partial charge on any atom is -0.384 e. The molecule has 1 saturated heterocycles. The number of piperidine rings is 1. The second kappa shape index (κ2) is 4.93. The van der Waals surface area contributed by atoms with Gasteiger partial charge in [-0.1, -0.05) is 19.1 Å². The predicted molar refractivity (Wildman–Crippen MR) is 76.9 cm³/mol. The summed E-state index contributed by atoms with van der Waals surface area (Å²) in [6, 6.07) is 7.72. The van der Waals surface area contributed by atoms with Crippen LogP contribution in [0.15, 0.2) is 18.2 Å². The molecule has 0 aliphatic carbocycles. The number of hydrogen-bond acceptors (Lipinski definition) is 2. The third-order valence-electron chi connectivity index (χ3n) is 4.52. The molecular formula is C16H24N2. The molecule has 2 atom stereocenters. The van der Waals surface area contributed by atoms with E-state index in [1.165, 1.54) is 42.6 Å². The van der Waals surface area contributed by atoms with E-state index in [9.17, 15) is 0 Å². The molecule has 1 aromatic carbocycles. The monoisotopic (exact) mass is 244 g/mol. The van der Waals surface area contributed by atoms with Gasteiger partial charge in [0.15, 0.2) is 0 Å². The molecule has 2 heteroatoms. The average molecular weight is 244 g/mol. The van der Waals surface area contributed by atoms with E-state index in [0.717, 1.165) is 25.0 Å². The SMILES string of the molecule is CC1CCC(C)N(Cc2ccc3c(c2)NCC3)C1. The molecule has 1 N–H and O–H groups in total. The van der Waals surface area contributed by atoms with Crippen molar-refractivity contribution in [2.24, 2.45) is 5.92 Å². The molecule has 18 heavy (non-hydrogen) atoms. The molecule has 2 nitrogen and oxygen atoms in total. The number of nitrogens with one attached hydrogen (secondary N) is 1. The minimum atomic E-state index is 0.738. The first-order valence-corrected chi connectivity index (χ1v) is 7.32. The molecular weight excluding hydrogens is 220 g/mol. The summed E-state index contributed by atoms with van der Waals surface area (Å²) in [6.45, 7) is 8.22. The summed E-state index contributed by atoms with van der Waals surface area (Å²) < 4.78 is 0. The van der Waals surface area contributed by atoms with E-state index < -0.39 is 0 Å². The van der Waals surface area contributed by atoms with E-state index in [0.29, 0.717) is 0 Å². The Bertz CT molecular complexity index is 427. The highest BCUT2D eigenvalue weighted by Crippen LogP contribution is 2.27. The molecule has 0 amide bonds. The van der Waals surface area contributed by atoms with Crippen LogP contribution >= 0.6 is 0 Å². The van der Waals surface area contributed by atoms with Crippen LogP contribution in [-0.2, 0) is 13.0 Å². The lowest BCUT2D eigenvalue weighted by atomic mass is 9.94. The van der Waals surface area contributed by atoms with Crippen molar-refractivity contribution in [1.29, 1.82) is 0 Å². The van der Waals surface area contributed by atoms with Gasteiger partial charge in [0.25, 0.3) is 0 Å². The summed E-state index contributed by atoms with van der Waals surface area (Å²) >= 11 is 0. The maximum absolute atomic E-state index is 3.48. The topological polar surface area (TPSA) is 15.3 Å². The quantitative estimate of drug-likeness (QED) is 0.859. The van der Waals surface area contributed by atoms with Gasteiger partial charge < -0.3 is 5.32 Å². The summed E-state index contributed by atoms with van der Waals surface area (Å²) in [6.07, 6.45) is 3.93. The van der Waals surface area contributed by atoms with Crippen LogP contribution in [-0.4, -0.2) is 24.0 Å². The zero-order valence-electron chi connectivity index (χ0n) is 11.6. The first-order valence-electron chi connectivity index (χ1n) is 7.32. The zero-order chi connectivity index (χ0) is 12.5. The van der Waals surface area contributed by atoms with Crippen LogP contribution in [0.5, 0.6) is 0 Å². The summed E-state index contributed by atoms with van der Waals surface area (Å²) in [5.41, 5.74) is 4.31. The molecule has 0 aromatic heterocycles. The summed E-state index contributed by atoms with van der Waals surface area (Å²) in [4.78, 5) is 2.64. The molecule has 2 aliphatic heterocycles. The van der Waals surface area contributed by atoms with Crippen molar-refractivity contribution in [3.63, 3.8) is 0 Å². The van der Waals surface area contributed by atoms with Gasteiger partial charge in [-0.3, -0.25) is 4.90 Å². The van der Waals surface area contributed by atoms with Gasteiger partial charge >= 0.3 is 0 Å². The first-order chi connectivity index (χ1) is 8.72. The van der Waals surface area contributed by atoms with Crippen LogP contribution in [0.1, 0.15) is 37.8 Å². The lowest BCUT2D eigenvalue weighted by Crippen LogP contribution is -2.40. The van der Waals surface area contributed by atoms with Gasteiger partial charge in [-0.25, -0.2) is 0 Å². The zero-order valence-corrected chi connectivity index (χ0v) is 11.6. The Labute approximate surface area is 110 Å². The standard InChI is InChI=1S/C16H24N2/c1-12-3-4-13(2)18(10-12)11-14-5-6-15-7-8-17-16(15)9-14/h5-6,9,12-13,17H,3-4,7-8,10-11H2,1-2H3. The molecule has 0 saturated carbocycles. The van der Waals surface area contributed by atoms with E-state index in [4.69, 9.17) is 0 Å². The molecule has 98 valence electrons. The van der Waals surface area contributed by atoms with Crippen LogP contribution in [0, 0.1) is 5.92 Å². The molecule has 1 fully saturated rings. The van der Waals surface area contributed by atoms with Crippen molar-refractivity contribution in [3.8, 4) is 0 Å². The van der Waals surface area contributed by atoms with Crippen molar-refractivity contribution in [1.82, 2.24) is 4.90 Å². The van der Waals surface area contributed by atoms with Gasteiger partial charge in [0.2, 0.25) is 0 Å². The Kier molecular flexibility index (Phi) is 3.29. The molecule has 0 radical (unpaired) electrons. The van der Waals surface area contributed by atoms with E-state index in [1.807, 2.05) is 0 Å². The van der Waals surface area contributed by atoms with E-state index in [1.54, 1.807) is 0 Å². The van der Waals surface area contributed by atoms with E-state index in [2.05, 4.69) is 42.3 Å². The predicted octanol–water partition coefficient (Wildman–Crippen LogP) is 3.28. The number of likely N-dealkylation sites (tertiary alicyclic amines) is 1. The smallest absolute Gasteiger partial charge is 0.0376 e. The van der Waals surface area contributed by atoms with Gasteiger partial charge in [-0.05, 0) is 49.3 Å². The fourth-order valence-corrected chi connectivity index (χ4v) is 3.27. The maximum Gasteiger partial charge on any atom is 0.0376 e. The van der Waals surface area contributed by atoms with Gasteiger partial charge in [-0.15, -0.1) is 0 Å². The molecule has 1 aromatic rings. The van der Waals surface area contributed by atoms with Crippen LogP contribution in [0.3, 0.4) is 0 Å². The van der Waals surface area contributed by atoms with Crippen molar-refractivity contribution >= 4 is 5.69 Å². The van der Waals surface area contributed by atoms with E-state index in [-0.39, 0.29) is 0 Å². The maximum atomic E-state index is 3.48. The van der Waals surface area contributed by atoms with Crippen molar-refractivity contribution in [3.05, 3.63) is 29.3 Å². The molecule has 0 bridgehead atoms. The highest BCUT2D eigenvalue weighted by Gasteiger charge is 2.23. The number of benzene rings is 1. The normalized spacial score (nSPS) is 27.9. The number of anilines is 1. The number of hydrogen-bond donors (Lipinski definition) is 1. The Morgan fingerprint density at radius 3 is 3.06 bits per heavy atom. The van der Waals surface area contributed by atoms with Crippen LogP contribution < -0.4 is 5.32 Å². The van der Waals surface area contributed by atoms with Gasteiger partial charge in [0.1, 0.15) is 0 Å². The fourth-order valence-electron chi connectivity index (χ4n) is 3.27. The lowest BCUT2D eigenvalue weighted by molar-refractivity contribution is 0.117. The number of nitrogens with zero attached hydrogens (tertiary/aromatic N) is 1. The van der Waals surface area contributed by atoms with Crippen molar-refractivity contribution in [2.45, 2.75) is 45.7 Å². The number of fused-ring (bicyclic) bond motifs is 1. The highest BCUT2D eigenvalue weighted by molar-refractivity contribution is 5.57. The van der Waals surface area contributed by atoms with Crippen LogP contribution in [0.2, 0.25) is 0 Å². The van der Waals surface area contributed by atoms with Crippen LogP contribution in [0.25, 0.3) is 0 Å². The van der Waals surface area contributed by atoms with E-state index >= 15 is 0 Å². The molecule has 2 unspecified atom stereocenters. The summed E-state index contributed by atoms with van der Waals surface area (Å²) in [5, 5.41) is 3.48. The largest absolute Gasteiger partial charge is 0.384 e. The molecule has 2 heterocycles. The molecule has 0 spiro atoms. The van der Waals surface area contributed by atoms with Gasteiger partial charge in [-0.2, -0.15) is 0 Å². The Morgan fingerprint density at radius 1 is 1.28 bits per heavy atom. The third-order valence-corrected chi connectivity index (χ3v) is 4.52.